The topological polar surface area (TPSA) is 79.0 Å². The number of hydrogen-bond donors (Lipinski definition) is 3. The second-order valence-electron chi connectivity index (χ2n) is 6.15. The van der Waals surface area contributed by atoms with E-state index in [4.69, 9.17) is 10.5 Å². The first-order valence-corrected chi connectivity index (χ1v) is 7.53. The van der Waals surface area contributed by atoms with Crippen LogP contribution in [0.5, 0.6) is 5.75 Å². The van der Waals surface area contributed by atoms with E-state index in [1.807, 2.05) is 31.2 Å². The maximum Gasteiger partial charge on any atom is 0.119 e. The van der Waals surface area contributed by atoms with E-state index in [1.54, 1.807) is 0 Å². The van der Waals surface area contributed by atoms with Gasteiger partial charge in [-0.15, -0.1) is 0 Å². The fraction of sp³-hybridized carbons (Fsp3) is 0.625. The van der Waals surface area contributed by atoms with Crippen LogP contribution < -0.4 is 10.5 Å². The second kappa shape index (κ2) is 7.22. The maximum absolute atomic E-state index is 10.1. The van der Waals surface area contributed by atoms with E-state index >= 15 is 0 Å². The lowest BCUT2D eigenvalue weighted by atomic mass is 9.95. The molecule has 118 valence electrons. The highest BCUT2D eigenvalue weighted by Gasteiger charge is 2.29. The Bertz CT molecular complexity index is 434. The molecule has 2 rings (SSSR count). The number of hydrogen-bond acceptors (Lipinski definition) is 5. The van der Waals surface area contributed by atoms with E-state index in [1.165, 1.54) is 0 Å². The average molecular weight is 294 g/mol. The van der Waals surface area contributed by atoms with Crippen molar-refractivity contribution in [1.29, 1.82) is 0 Å². The molecular weight excluding hydrogens is 268 g/mol. The molecule has 0 radical (unpaired) electrons. The first kappa shape index (κ1) is 16.2. The standard InChI is InChI=1S/C16H26N2O3/c1-16(20)7-2-8-18(12-16)10-14(19)11-21-15-5-3-13(9-17)4-6-15/h3-6,14,19-20H,2,7-12,17H2,1H3. The minimum atomic E-state index is -0.642. The minimum absolute atomic E-state index is 0.251. The molecule has 0 amide bonds. The van der Waals surface area contributed by atoms with Crippen LogP contribution in [-0.4, -0.2) is 53.1 Å². The summed E-state index contributed by atoms with van der Waals surface area (Å²) in [5.74, 6) is 0.733. The van der Waals surface area contributed by atoms with Gasteiger partial charge < -0.3 is 20.7 Å². The van der Waals surface area contributed by atoms with E-state index in [9.17, 15) is 10.2 Å². The van der Waals surface area contributed by atoms with Gasteiger partial charge in [0.15, 0.2) is 0 Å². The van der Waals surface area contributed by atoms with Gasteiger partial charge in [-0.25, -0.2) is 0 Å². The van der Waals surface area contributed by atoms with Crippen molar-refractivity contribution in [2.75, 3.05) is 26.2 Å². The van der Waals surface area contributed by atoms with Crippen LogP contribution >= 0.6 is 0 Å². The van der Waals surface area contributed by atoms with Crippen molar-refractivity contribution in [3.8, 4) is 5.75 Å². The van der Waals surface area contributed by atoms with Gasteiger partial charge in [0.05, 0.1) is 5.60 Å². The third-order valence-corrected chi connectivity index (χ3v) is 3.82. The number of nitrogens with two attached hydrogens (primary N) is 1. The third-order valence-electron chi connectivity index (χ3n) is 3.82. The molecule has 1 aromatic carbocycles. The van der Waals surface area contributed by atoms with Crippen LogP contribution in [0, 0.1) is 0 Å². The van der Waals surface area contributed by atoms with Gasteiger partial charge in [-0.1, -0.05) is 12.1 Å². The minimum Gasteiger partial charge on any atom is -0.491 e. The molecule has 5 heteroatoms. The van der Waals surface area contributed by atoms with E-state index in [-0.39, 0.29) is 6.61 Å². The molecule has 1 heterocycles. The van der Waals surface area contributed by atoms with Gasteiger partial charge in [-0.2, -0.15) is 0 Å². The zero-order chi connectivity index (χ0) is 15.3. The van der Waals surface area contributed by atoms with Crippen LogP contribution in [0.1, 0.15) is 25.3 Å². The maximum atomic E-state index is 10.1. The first-order valence-electron chi connectivity index (χ1n) is 7.53. The summed E-state index contributed by atoms with van der Waals surface area (Å²) < 4.78 is 5.58. The molecule has 0 spiro atoms. The average Bonchev–Trinajstić information content (AvgIpc) is 2.44. The lowest BCUT2D eigenvalue weighted by Gasteiger charge is -2.37. The van der Waals surface area contributed by atoms with Crippen LogP contribution in [-0.2, 0) is 6.54 Å². The Morgan fingerprint density at radius 2 is 2.10 bits per heavy atom. The molecule has 2 unspecified atom stereocenters. The summed E-state index contributed by atoms with van der Waals surface area (Å²) in [7, 11) is 0. The Labute approximate surface area is 126 Å². The molecular formula is C16H26N2O3. The van der Waals surface area contributed by atoms with Crippen molar-refractivity contribution in [2.45, 2.75) is 38.0 Å². The number of aliphatic hydroxyl groups is 2. The second-order valence-corrected chi connectivity index (χ2v) is 6.15. The molecule has 1 aromatic rings. The number of likely N-dealkylation sites (tertiary alicyclic amines) is 1. The Hall–Kier alpha value is -1.14. The molecule has 4 N–H and O–H groups in total. The summed E-state index contributed by atoms with van der Waals surface area (Å²) in [5, 5.41) is 20.1. The number of β-amino-alcohol motifs (C(OH)–C–C–N with tert-alkyl or cyclic N) is 2. The van der Waals surface area contributed by atoms with Crippen LogP contribution in [0.25, 0.3) is 0 Å². The van der Waals surface area contributed by atoms with Gasteiger partial charge in [-0.3, -0.25) is 4.90 Å². The molecule has 5 nitrogen and oxygen atoms in total. The van der Waals surface area contributed by atoms with E-state index < -0.39 is 11.7 Å². The monoisotopic (exact) mass is 294 g/mol. The molecule has 1 saturated heterocycles. The summed E-state index contributed by atoms with van der Waals surface area (Å²) >= 11 is 0. The van der Waals surface area contributed by atoms with Crippen molar-refractivity contribution in [2.24, 2.45) is 5.73 Å². The Morgan fingerprint density at radius 3 is 2.71 bits per heavy atom. The Balaban J connectivity index is 1.75. The first-order chi connectivity index (χ1) is 9.98. The summed E-state index contributed by atoms with van der Waals surface area (Å²) in [6.45, 7) is 4.66. The highest BCUT2D eigenvalue weighted by Crippen LogP contribution is 2.20. The van der Waals surface area contributed by atoms with E-state index in [2.05, 4.69) is 4.90 Å². The number of piperidine rings is 1. The van der Waals surface area contributed by atoms with Gasteiger partial charge in [0.1, 0.15) is 18.5 Å². The summed E-state index contributed by atoms with van der Waals surface area (Å²) in [6, 6.07) is 7.56. The lowest BCUT2D eigenvalue weighted by Crippen LogP contribution is -2.49. The number of benzene rings is 1. The van der Waals surface area contributed by atoms with E-state index in [0.29, 0.717) is 19.6 Å². The molecule has 2 atom stereocenters. The predicted octanol–water partition coefficient (Wildman–Crippen LogP) is 0.732. The summed E-state index contributed by atoms with van der Waals surface area (Å²) in [4.78, 5) is 2.09. The molecule has 1 aliphatic rings. The molecule has 1 fully saturated rings. The van der Waals surface area contributed by atoms with Crippen LogP contribution in [0.2, 0.25) is 0 Å². The zero-order valence-electron chi connectivity index (χ0n) is 12.7. The van der Waals surface area contributed by atoms with Gasteiger partial charge in [-0.05, 0) is 44.0 Å². The van der Waals surface area contributed by atoms with Crippen molar-refractivity contribution in [3.05, 3.63) is 29.8 Å². The summed E-state index contributed by atoms with van der Waals surface area (Å²) in [6.07, 6.45) is 1.22. The largest absolute Gasteiger partial charge is 0.491 e. The SMILES string of the molecule is CC1(O)CCCN(CC(O)COc2ccc(CN)cc2)C1. The lowest BCUT2D eigenvalue weighted by molar-refractivity contribution is -0.0323. The molecule has 0 saturated carbocycles. The fourth-order valence-electron chi connectivity index (χ4n) is 2.74. The number of ether oxygens (including phenoxy) is 1. The highest BCUT2D eigenvalue weighted by atomic mass is 16.5. The van der Waals surface area contributed by atoms with Crippen LogP contribution in [0.15, 0.2) is 24.3 Å². The van der Waals surface area contributed by atoms with Crippen molar-refractivity contribution in [3.63, 3.8) is 0 Å². The third kappa shape index (κ3) is 5.28. The Kier molecular flexibility index (Phi) is 5.58. The molecule has 0 aromatic heterocycles. The normalized spacial score (nSPS) is 24.8. The fourth-order valence-corrected chi connectivity index (χ4v) is 2.74. The van der Waals surface area contributed by atoms with Gasteiger partial charge in [0.25, 0.3) is 0 Å². The number of nitrogens with zero attached hydrogens (tertiary/aromatic N) is 1. The van der Waals surface area contributed by atoms with Gasteiger partial charge in [0, 0.05) is 19.6 Å². The molecule has 0 bridgehead atoms. The van der Waals surface area contributed by atoms with Crippen LogP contribution in [0.3, 0.4) is 0 Å². The highest BCUT2D eigenvalue weighted by molar-refractivity contribution is 5.27. The quantitative estimate of drug-likeness (QED) is 0.721. The number of aliphatic hydroxyl groups excluding tert-OH is 1. The van der Waals surface area contributed by atoms with Crippen LogP contribution in [0.4, 0.5) is 0 Å². The van der Waals surface area contributed by atoms with Gasteiger partial charge in [0.2, 0.25) is 0 Å². The molecule has 0 aliphatic carbocycles. The van der Waals surface area contributed by atoms with Crippen molar-refractivity contribution < 1.29 is 14.9 Å². The summed E-state index contributed by atoms with van der Waals surface area (Å²) in [5.41, 5.74) is 5.95. The smallest absolute Gasteiger partial charge is 0.119 e. The number of rotatable bonds is 6. The molecule has 21 heavy (non-hydrogen) atoms. The van der Waals surface area contributed by atoms with Crippen molar-refractivity contribution in [1.82, 2.24) is 4.90 Å². The van der Waals surface area contributed by atoms with Gasteiger partial charge >= 0.3 is 0 Å². The zero-order valence-corrected chi connectivity index (χ0v) is 12.7. The van der Waals surface area contributed by atoms with E-state index in [0.717, 1.165) is 30.7 Å². The predicted molar refractivity (Wildman–Crippen MR) is 82.1 cm³/mol. The van der Waals surface area contributed by atoms with Crippen molar-refractivity contribution >= 4 is 0 Å². The molecule has 1 aliphatic heterocycles. The Morgan fingerprint density at radius 1 is 1.38 bits per heavy atom.